The Morgan fingerprint density at radius 3 is 2.59 bits per heavy atom. The molecule has 2 aromatic heterocycles. The number of rotatable bonds is 10. The largest absolute Gasteiger partial charge is 0.492 e. The minimum Gasteiger partial charge on any atom is -0.492 e. The first-order valence-corrected chi connectivity index (χ1v) is 14.8. The molecule has 1 aliphatic rings. The fourth-order valence-corrected chi connectivity index (χ4v) is 5.78. The topological polar surface area (TPSA) is 93.7 Å². The van der Waals surface area contributed by atoms with E-state index in [1.165, 1.54) is 11.9 Å². The van der Waals surface area contributed by atoms with E-state index in [0.717, 1.165) is 33.5 Å². The number of nitrogens with one attached hydrogen (secondary N) is 1. The maximum atomic E-state index is 14.0. The molecular formula is C32H34N4O4S. The Balaban J connectivity index is 1.37. The normalized spacial score (nSPS) is 13.4. The van der Waals surface area contributed by atoms with Crippen LogP contribution in [0, 0.1) is 6.92 Å². The third kappa shape index (κ3) is 5.72. The molecule has 2 aromatic carbocycles. The lowest BCUT2D eigenvalue weighted by Gasteiger charge is -2.19. The lowest BCUT2D eigenvalue weighted by molar-refractivity contribution is -0.120. The smallest absolute Gasteiger partial charge is 0.262 e. The quantitative estimate of drug-likeness (QED) is 0.222. The number of amides is 2. The molecule has 41 heavy (non-hydrogen) atoms. The molecule has 0 spiro atoms. The van der Waals surface area contributed by atoms with Gasteiger partial charge in [-0.15, -0.1) is 0 Å². The summed E-state index contributed by atoms with van der Waals surface area (Å²) < 4.78 is 15.2. The van der Waals surface area contributed by atoms with Crippen LogP contribution in [0.1, 0.15) is 66.4 Å². The summed E-state index contributed by atoms with van der Waals surface area (Å²) in [5, 5.41) is 0.766. The van der Waals surface area contributed by atoms with Gasteiger partial charge in [0.25, 0.3) is 5.91 Å². The summed E-state index contributed by atoms with van der Waals surface area (Å²) in [5.41, 5.74) is 5.59. The van der Waals surface area contributed by atoms with Gasteiger partial charge < -0.3 is 14.4 Å². The van der Waals surface area contributed by atoms with Crippen LogP contribution in [0.2, 0.25) is 0 Å². The van der Waals surface area contributed by atoms with E-state index < -0.39 is 0 Å². The Morgan fingerprint density at radius 2 is 1.88 bits per heavy atom. The molecule has 0 aliphatic carbocycles. The number of aromatic nitrogens is 2. The van der Waals surface area contributed by atoms with Crippen LogP contribution >= 0.6 is 11.9 Å². The van der Waals surface area contributed by atoms with E-state index >= 15 is 0 Å². The van der Waals surface area contributed by atoms with Gasteiger partial charge >= 0.3 is 0 Å². The molecule has 5 rings (SSSR count). The number of carbonyl (C=O) groups excluding carboxylic acids is 2. The Kier molecular flexibility index (Phi) is 8.44. The minimum absolute atomic E-state index is 0.0858. The maximum absolute atomic E-state index is 14.0. The molecule has 8 nitrogen and oxygen atoms in total. The Bertz CT molecular complexity index is 1590. The molecule has 9 heteroatoms. The monoisotopic (exact) mass is 570 g/mol. The van der Waals surface area contributed by atoms with E-state index in [1.807, 2.05) is 77.1 Å². The molecule has 0 radical (unpaired) electrons. The Morgan fingerprint density at radius 1 is 1.07 bits per heavy atom. The predicted molar refractivity (Wildman–Crippen MR) is 162 cm³/mol. The molecule has 212 valence electrons. The van der Waals surface area contributed by atoms with Crippen molar-refractivity contribution in [3.05, 3.63) is 88.9 Å². The number of benzene rings is 2. The van der Waals surface area contributed by atoms with E-state index in [0.29, 0.717) is 41.5 Å². The van der Waals surface area contributed by atoms with Crippen molar-refractivity contribution in [3.63, 3.8) is 0 Å². The van der Waals surface area contributed by atoms with Crippen LogP contribution in [0.3, 0.4) is 0 Å². The number of nitrogens with zero attached hydrogens (tertiary/aromatic N) is 3. The number of ether oxygens (including phenoxy) is 2. The summed E-state index contributed by atoms with van der Waals surface area (Å²) in [6.45, 7) is 10.5. The SMILES string of the molecule is CCOc1c2c(c(OC(C)C)c3ncccc13)CN(c1ccc(CSNC(=O)C(C)c3ccccn3)cc1C)C2=O. The maximum Gasteiger partial charge on any atom is 0.262 e. The van der Waals surface area contributed by atoms with Gasteiger partial charge in [0.15, 0.2) is 5.75 Å². The van der Waals surface area contributed by atoms with Crippen LogP contribution in [0.5, 0.6) is 11.5 Å². The summed E-state index contributed by atoms with van der Waals surface area (Å²) in [6.07, 6.45) is 3.33. The van der Waals surface area contributed by atoms with Gasteiger partial charge in [-0.3, -0.25) is 24.3 Å². The van der Waals surface area contributed by atoms with E-state index in [1.54, 1.807) is 17.3 Å². The van der Waals surface area contributed by atoms with Crippen LogP contribution < -0.4 is 19.1 Å². The van der Waals surface area contributed by atoms with Gasteiger partial charge in [0.05, 0.1) is 36.4 Å². The van der Waals surface area contributed by atoms with Crippen LogP contribution in [-0.4, -0.2) is 34.5 Å². The minimum atomic E-state index is -0.339. The third-order valence-electron chi connectivity index (χ3n) is 6.98. The molecule has 1 unspecified atom stereocenters. The van der Waals surface area contributed by atoms with Crippen LogP contribution in [0.15, 0.2) is 60.9 Å². The average Bonchev–Trinajstić information content (AvgIpc) is 3.31. The highest BCUT2D eigenvalue weighted by molar-refractivity contribution is 7.97. The van der Waals surface area contributed by atoms with Crippen molar-refractivity contribution in [2.75, 3.05) is 11.5 Å². The van der Waals surface area contributed by atoms with Gasteiger partial charge in [0.2, 0.25) is 5.91 Å². The number of fused-ring (bicyclic) bond motifs is 2. The highest BCUT2D eigenvalue weighted by atomic mass is 32.2. The lowest BCUT2D eigenvalue weighted by Crippen LogP contribution is -2.24. The van der Waals surface area contributed by atoms with Crippen LogP contribution in [-0.2, 0) is 17.1 Å². The highest BCUT2D eigenvalue weighted by Crippen LogP contribution is 2.46. The number of hydrogen-bond donors (Lipinski definition) is 1. The van der Waals surface area contributed by atoms with Crippen molar-refractivity contribution in [2.24, 2.45) is 0 Å². The van der Waals surface area contributed by atoms with Crippen LogP contribution in [0.25, 0.3) is 10.9 Å². The fourth-order valence-electron chi connectivity index (χ4n) is 5.05. The molecule has 0 saturated heterocycles. The zero-order chi connectivity index (χ0) is 29.1. The van der Waals surface area contributed by atoms with Crippen molar-refractivity contribution in [3.8, 4) is 11.5 Å². The molecule has 0 fully saturated rings. The number of hydrogen-bond acceptors (Lipinski definition) is 7. The first-order valence-electron chi connectivity index (χ1n) is 13.8. The molecule has 3 heterocycles. The summed E-state index contributed by atoms with van der Waals surface area (Å²) in [6, 6.07) is 15.3. The second kappa shape index (κ2) is 12.2. The van der Waals surface area contributed by atoms with E-state index in [4.69, 9.17) is 9.47 Å². The zero-order valence-corrected chi connectivity index (χ0v) is 24.7. The predicted octanol–water partition coefficient (Wildman–Crippen LogP) is 6.35. The van der Waals surface area contributed by atoms with Gasteiger partial charge in [-0.05, 0) is 88.0 Å². The van der Waals surface area contributed by atoms with Crippen molar-refractivity contribution >= 4 is 40.4 Å². The molecule has 1 atom stereocenters. The molecule has 0 saturated carbocycles. The first-order chi connectivity index (χ1) is 19.8. The second-order valence-electron chi connectivity index (χ2n) is 10.3. The Labute approximate surface area is 244 Å². The van der Waals surface area contributed by atoms with Crippen molar-refractivity contribution < 1.29 is 19.1 Å². The number of carbonyl (C=O) groups is 2. The molecule has 2 amide bonds. The molecule has 4 aromatic rings. The summed E-state index contributed by atoms with van der Waals surface area (Å²) >= 11 is 1.34. The van der Waals surface area contributed by atoms with E-state index in [-0.39, 0.29) is 23.8 Å². The fraction of sp³-hybridized carbons (Fsp3) is 0.312. The first kappa shape index (κ1) is 28.4. The number of pyridine rings is 2. The Hall–Kier alpha value is -4.11. The molecule has 0 bridgehead atoms. The van der Waals surface area contributed by atoms with Gasteiger partial charge in [-0.1, -0.05) is 18.2 Å². The second-order valence-corrected chi connectivity index (χ2v) is 11.0. The van der Waals surface area contributed by atoms with Gasteiger partial charge in [0, 0.05) is 34.8 Å². The molecule has 1 aliphatic heterocycles. The van der Waals surface area contributed by atoms with E-state index in [9.17, 15) is 9.59 Å². The standard InChI is InChI=1S/C32H34N4O4S/c1-6-39-29-23-10-9-15-34-28(23)30(40-19(2)3)24-17-36(32(38)27(24)29)26-13-12-22(16-20(26)4)18-41-35-31(37)21(5)25-11-7-8-14-33-25/h7-16,19,21H,6,17-18H2,1-5H3,(H,35,37). The molecular weight excluding hydrogens is 536 g/mol. The van der Waals surface area contributed by atoms with Gasteiger partial charge in [-0.25, -0.2) is 0 Å². The van der Waals surface area contributed by atoms with Crippen molar-refractivity contribution in [2.45, 2.75) is 58.9 Å². The summed E-state index contributed by atoms with van der Waals surface area (Å²) in [4.78, 5) is 37.2. The van der Waals surface area contributed by atoms with Gasteiger partial charge in [-0.2, -0.15) is 0 Å². The van der Waals surface area contributed by atoms with E-state index in [2.05, 4.69) is 20.8 Å². The van der Waals surface area contributed by atoms with Gasteiger partial charge in [0.1, 0.15) is 11.3 Å². The summed E-state index contributed by atoms with van der Waals surface area (Å²) in [7, 11) is 0. The molecule has 1 N–H and O–H groups in total. The summed E-state index contributed by atoms with van der Waals surface area (Å²) in [5.74, 6) is 1.22. The average molecular weight is 571 g/mol. The lowest BCUT2D eigenvalue weighted by atomic mass is 10.0. The zero-order valence-electron chi connectivity index (χ0n) is 23.9. The van der Waals surface area contributed by atoms with Crippen LogP contribution in [0.4, 0.5) is 5.69 Å². The number of anilines is 1. The third-order valence-corrected chi connectivity index (χ3v) is 7.80. The number of aryl methyl sites for hydroxylation is 1. The van der Waals surface area contributed by atoms with Crippen molar-refractivity contribution in [1.82, 2.24) is 14.7 Å². The highest BCUT2D eigenvalue weighted by Gasteiger charge is 2.37. The van der Waals surface area contributed by atoms with Crippen molar-refractivity contribution in [1.29, 1.82) is 0 Å².